The van der Waals surface area contributed by atoms with Crippen molar-refractivity contribution in [1.29, 1.82) is 0 Å². The van der Waals surface area contributed by atoms with E-state index in [9.17, 15) is 4.79 Å². The molecule has 3 heteroatoms. The molecule has 0 saturated carbocycles. The quantitative estimate of drug-likeness (QED) is 0.675. The zero-order valence-electron chi connectivity index (χ0n) is 12.1. The van der Waals surface area contributed by atoms with Crippen molar-refractivity contribution in [2.24, 2.45) is 0 Å². The molecule has 0 saturated heterocycles. The highest BCUT2D eigenvalue weighted by molar-refractivity contribution is 7.99. The van der Waals surface area contributed by atoms with Crippen LogP contribution in [0.5, 0.6) is 0 Å². The molecule has 0 fully saturated rings. The summed E-state index contributed by atoms with van der Waals surface area (Å²) in [6, 6.07) is 17.9. The summed E-state index contributed by atoms with van der Waals surface area (Å²) in [5.41, 5.74) is 4.11. The fraction of sp³-hybridized carbons (Fsp3) is 0.158. The number of rotatable bonds is 3. The minimum atomic E-state index is 0.156. The van der Waals surface area contributed by atoms with E-state index < -0.39 is 0 Å². The van der Waals surface area contributed by atoms with E-state index in [2.05, 4.69) is 6.07 Å². The number of thioether (sulfide) groups is 1. The van der Waals surface area contributed by atoms with Crippen LogP contribution < -0.4 is 0 Å². The van der Waals surface area contributed by atoms with Gasteiger partial charge >= 0.3 is 0 Å². The molecular weight excluding hydrogens is 290 g/mol. The lowest BCUT2D eigenvalue weighted by Crippen LogP contribution is -2.03. The second-order valence-electron chi connectivity index (χ2n) is 5.54. The van der Waals surface area contributed by atoms with Crippen LogP contribution in [0.1, 0.15) is 21.5 Å². The molecule has 0 aliphatic carbocycles. The van der Waals surface area contributed by atoms with Gasteiger partial charge in [-0.15, -0.1) is 11.8 Å². The van der Waals surface area contributed by atoms with E-state index in [1.54, 1.807) is 0 Å². The summed E-state index contributed by atoms with van der Waals surface area (Å²) in [5.74, 6) is 1.27. The molecule has 0 amide bonds. The molecule has 0 spiro atoms. The minimum absolute atomic E-state index is 0.156. The lowest BCUT2D eigenvalue weighted by atomic mass is 10.0. The average Bonchev–Trinajstić information content (AvgIpc) is 3.00. The Hall–Kier alpha value is -2.13. The van der Waals surface area contributed by atoms with Crippen LogP contribution in [-0.4, -0.2) is 16.5 Å². The molecule has 2 heterocycles. The largest absolute Gasteiger partial charge is 0.294 e. The van der Waals surface area contributed by atoms with Crippen LogP contribution in [0.3, 0.4) is 0 Å². The summed E-state index contributed by atoms with van der Waals surface area (Å²) >= 11 is 1.82. The number of hydrogen-bond donors (Lipinski definition) is 0. The van der Waals surface area contributed by atoms with Gasteiger partial charge in [-0.05, 0) is 41.8 Å². The molecule has 108 valence electrons. The van der Waals surface area contributed by atoms with E-state index >= 15 is 0 Å². The Kier molecular flexibility index (Phi) is 3.43. The highest BCUT2D eigenvalue weighted by atomic mass is 32.2. The van der Waals surface area contributed by atoms with Crippen molar-refractivity contribution in [3.05, 3.63) is 71.3 Å². The summed E-state index contributed by atoms with van der Waals surface area (Å²) in [5, 5.41) is 2.22. The number of nitrogens with zero attached hydrogens (tertiary/aromatic N) is 1. The van der Waals surface area contributed by atoms with Crippen molar-refractivity contribution >= 4 is 28.4 Å². The van der Waals surface area contributed by atoms with Crippen molar-refractivity contribution in [2.75, 3.05) is 5.75 Å². The third-order valence-corrected chi connectivity index (χ3v) is 5.03. The Morgan fingerprint density at radius 3 is 2.82 bits per heavy atom. The second-order valence-corrected chi connectivity index (χ2v) is 6.63. The number of carbonyl (C=O) groups is 1. The zero-order valence-corrected chi connectivity index (χ0v) is 12.9. The van der Waals surface area contributed by atoms with Gasteiger partial charge in [0.1, 0.15) is 0 Å². The molecule has 0 atom stereocenters. The zero-order chi connectivity index (χ0) is 14.9. The van der Waals surface area contributed by atoms with Crippen molar-refractivity contribution in [3.8, 4) is 0 Å². The van der Waals surface area contributed by atoms with Crippen molar-refractivity contribution in [1.82, 2.24) is 4.98 Å². The molecule has 2 nitrogen and oxygen atoms in total. The van der Waals surface area contributed by atoms with Crippen LogP contribution in [0.15, 0.2) is 59.6 Å². The van der Waals surface area contributed by atoms with E-state index in [0.29, 0.717) is 6.42 Å². The molecule has 0 unspecified atom stereocenters. The van der Waals surface area contributed by atoms with Gasteiger partial charge in [0.05, 0.1) is 10.5 Å². The lowest BCUT2D eigenvalue weighted by Gasteiger charge is -2.05. The van der Waals surface area contributed by atoms with Crippen molar-refractivity contribution in [2.45, 2.75) is 17.9 Å². The molecule has 1 aliphatic heterocycles. The number of aromatic nitrogens is 1. The fourth-order valence-electron chi connectivity index (χ4n) is 2.82. The highest BCUT2D eigenvalue weighted by Crippen LogP contribution is 2.32. The van der Waals surface area contributed by atoms with Crippen molar-refractivity contribution in [3.63, 3.8) is 0 Å². The predicted octanol–water partition coefficient (Wildman–Crippen LogP) is 4.31. The number of ketones is 1. The number of benzene rings is 2. The first kappa shape index (κ1) is 13.5. The molecule has 0 radical (unpaired) electrons. The molecule has 3 aromatic rings. The molecule has 0 bridgehead atoms. The monoisotopic (exact) mass is 305 g/mol. The first-order valence-electron chi connectivity index (χ1n) is 7.43. The van der Waals surface area contributed by atoms with E-state index in [0.717, 1.165) is 39.2 Å². The normalized spacial score (nSPS) is 13.3. The number of hydrogen-bond acceptors (Lipinski definition) is 3. The van der Waals surface area contributed by atoms with Gasteiger partial charge in [-0.25, -0.2) is 4.98 Å². The van der Waals surface area contributed by atoms with Crippen LogP contribution in [0, 0.1) is 0 Å². The van der Waals surface area contributed by atoms with Crippen molar-refractivity contribution < 1.29 is 4.79 Å². The number of carbonyl (C=O) groups excluding carboxylic acids is 1. The maximum atomic E-state index is 12.5. The van der Waals surface area contributed by atoms with Gasteiger partial charge < -0.3 is 0 Å². The van der Waals surface area contributed by atoms with E-state index in [1.165, 1.54) is 5.56 Å². The Labute approximate surface area is 133 Å². The topological polar surface area (TPSA) is 30.0 Å². The van der Waals surface area contributed by atoms with E-state index in [-0.39, 0.29) is 5.78 Å². The van der Waals surface area contributed by atoms with E-state index in [1.807, 2.05) is 60.3 Å². The number of aryl methyl sites for hydroxylation is 1. The van der Waals surface area contributed by atoms with Gasteiger partial charge in [-0.1, -0.05) is 30.3 Å². The Bertz CT molecular complexity index is 858. The summed E-state index contributed by atoms with van der Waals surface area (Å²) in [6.45, 7) is 0. The molecule has 22 heavy (non-hydrogen) atoms. The molecule has 4 rings (SSSR count). The Balaban J connectivity index is 1.67. The smallest absolute Gasteiger partial charge is 0.167 e. The van der Waals surface area contributed by atoms with Gasteiger partial charge in [0, 0.05) is 23.1 Å². The lowest BCUT2D eigenvalue weighted by molar-refractivity contribution is 0.0993. The van der Waals surface area contributed by atoms with Gasteiger partial charge in [0.2, 0.25) is 0 Å². The first-order valence-corrected chi connectivity index (χ1v) is 8.42. The third-order valence-electron chi connectivity index (χ3n) is 3.99. The maximum Gasteiger partial charge on any atom is 0.167 e. The second kappa shape index (κ2) is 5.58. The molecule has 1 aliphatic rings. The number of fused-ring (bicyclic) bond motifs is 2. The van der Waals surface area contributed by atoms with Gasteiger partial charge in [0.25, 0.3) is 0 Å². The van der Waals surface area contributed by atoms with Gasteiger partial charge in [-0.2, -0.15) is 0 Å². The third kappa shape index (κ3) is 2.53. The highest BCUT2D eigenvalue weighted by Gasteiger charge is 2.15. The first-order chi connectivity index (χ1) is 10.8. The van der Waals surface area contributed by atoms with Crippen LogP contribution in [0.2, 0.25) is 0 Å². The SMILES string of the molecule is O=C(Cc1ccccc1)c1ccc2nc3c(cc2c1)CCS3. The van der Waals surface area contributed by atoms with Crippen LogP contribution in [0.25, 0.3) is 10.9 Å². The van der Waals surface area contributed by atoms with Crippen LogP contribution in [0.4, 0.5) is 0 Å². The summed E-state index contributed by atoms with van der Waals surface area (Å²) < 4.78 is 0. The van der Waals surface area contributed by atoms with Crippen LogP contribution in [-0.2, 0) is 12.8 Å². The standard InChI is InChI=1S/C19H15NOS/c21-18(10-13-4-2-1-3-5-13)14-6-7-17-16(11-14)12-15-8-9-22-19(15)20-17/h1-7,11-12H,8-10H2. The average molecular weight is 305 g/mol. The van der Waals surface area contributed by atoms with Gasteiger partial charge in [0.15, 0.2) is 5.78 Å². The molecule has 2 aromatic carbocycles. The summed E-state index contributed by atoms with van der Waals surface area (Å²) in [6.07, 6.45) is 1.52. The Morgan fingerprint density at radius 1 is 1.09 bits per heavy atom. The Morgan fingerprint density at radius 2 is 1.95 bits per heavy atom. The number of Topliss-reactive ketones (excluding diaryl/α,β-unsaturated/α-hetero) is 1. The van der Waals surface area contributed by atoms with Gasteiger partial charge in [-0.3, -0.25) is 4.79 Å². The summed E-state index contributed by atoms with van der Waals surface area (Å²) in [4.78, 5) is 17.2. The maximum absolute atomic E-state index is 12.5. The molecular formula is C19H15NOS. The predicted molar refractivity (Wildman–Crippen MR) is 90.6 cm³/mol. The summed E-state index contributed by atoms with van der Waals surface area (Å²) in [7, 11) is 0. The molecule has 1 aromatic heterocycles. The van der Waals surface area contributed by atoms with Crippen LogP contribution >= 0.6 is 11.8 Å². The minimum Gasteiger partial charge on any atom is -0.294 e. The molecule has 0 N–H and O–H groups in total. The fourth-order valence-corrected chi connectivity index (χ4v) is 3.85. The van der Waals surface area contributed by atoms with E-state index in [4.69, 9.17) is 4.98 Å². The number of pyridine rings is 1.